The first kappa shape index (κ1) is 15.8. The van der Waals surface area contributed by atoms with E-state index in [4.69, 9.17) is 4.74 Å². The number of nitrogens with zero attached hydrogens (tertiary/aromatic N) is 4. The lowest BCUT2D eigenvalue weighted by atomic mass is 9.78. The predicted octanol–water partition coefficient (Wildman–Crippen LogP) is 2.98. The number of fused-ring (bicyclic) bond motifs is 3. The third kappa shape index (κ3) is 2.48. The fourth-order valence-corrected chi connectivity index (χ4v) is 4.67. The molecule has 0 radical (unpaired) electrons. The molecule has 2 atom stereocenters. The Morgan fingerprint density at radius 2 is 2.27 bits per heavy atom. The molecule has 5 rings (SSSR count). The normalized spacial score (nSPS) is 24.0. The van der Waals surface area contributed by atoms with Gasteiger partial charge in [0.2, 0.25) is 0 Å². The van der Waals surface area contributed by atoms with Crippen LogP contribution < -0.4 is 5.32 Å². The van der Waals surface area contributed by atoms with Gasteiger partial charge in [-0.3, -0.25) is 0 Å². The molecule has 1 spiro atoms. The molecule has 2 aliphatic carbocycles. The van der Waals surface area contributed by atoms with Crippen molar-refractivity contribution in [3.63, 3.8) is 0 Å². The van der Waals surface area contributed by atoms with Crippen molar-refractivity contribution in [1.82, 2.24) is 19.6 Å². The van der Waals surface area contributed by atoms with Gasteiger partial charge in [-0.1, -0.05) is 24.3 Å². The highest BCUT2D eigenvalue weighted by Gasteiger charge is 2.55. The molecule has 134 valence electrons. The molecule has 0 bridgehead atoms. The molecule has 1 saturated carbocycles. The van der Waals surface area contributed by atoms with Crippen LogP contribution in [-0.2, 0) is 23.2 Å². The first-order valence-corrected chi connectivity index (χ1v) is 9.31. The Morgan fingerprint density at radius 1 is 1.35 bits per heavy atom. The number of anilines is 1. The van der Waals surface area contributed by atoms with E-state index in [1.165, 1.54) is 25.7 Å². The summed E-state index contributed by atoms with van der Waals surface area (Å²) in [5.74, 6) is 2.21. The highest BCUT2D eigenvalue weighted by molar-refractivity contribution is 5.47. The Kier molecular flexibility index (Phi) is 3.67. The van der Waals surface area contributed by atoms with Gasteiger partial charge in [-0.2, -0.15) is 14.6 Å². The third-order valence-corrected chi connectivity index (χ3v) is 5.98. The van der Waals surface area contributed by atoms with E-state index < -0.39 is 0 Å². The first-order valence-electron chi connectivity index (χ1n) is 9.31. The van der Waals surface area contributed by atoms with E-state index in [0.717, 1.165) is 18.1 Å². The largest absolute Gasteiger partial charge is 0.378 e. The summed E-state index contributed by atoms with van der Waals surface area (Å²) in [5.41, 5.74) is 4.38. The minimum Gasteiger partial charge on any atom is -0.378 e. The van der Waals surface area contributed by atoms with Gasteiger partial charge < -0.3 is 10.1 Å². The molecule has 2 aromatic heterocycles. The maximum absolute atomic E-state index is 5.23. The van der Waals surface area contributed by atoms with E-state index in [0.29, 0.717) is 23.7 Å². The maximum Gasteiger partial charge on any atom is 0.254 e. The highest BCUT2D eigenvalue weighted by Crippen LogP contribution is 2.60. The average molecular weight is 349 g/mol. The van der Waals surface area contributed by atoms with E-state index in [1.807, 2.05) is 6.07 Å². The van der Waals surface area contributed by atoms with Gasteiger partial charge in [0.25, 0.3) is 5.78 Å². The van der Waals surface area contributed by atoms with Crippen molar-refractivity contribution in [2.45, 2.75) is 37.7 Å². The number of nitrogens with one attached hydrogen (secondary N) is 1. The Balaban J connectivity index is 1.37. The van der Waals surface area contributed by atoms with Gasteiger partial charge in [-0.05, 0) is 42.7 Å². The molecule has 1 aromatic carbocycles. The number of ether oxygens (including phenoxy) is 1. The maximum atomic E-state index is 5.23. The Hall–Kier alpha value is -2.47. The fourth-order valence-electron chi connectivity index (χ4n) is 4.67. The lowest BCUT2D eigenvalue weighted by Gasteiger charge is -2.27. The summed E-state index contributed by atoms with van der Waals surface area (Å²) in [7, 11) is 1.68. The number of aromatic nitrogens is 4. The predicted molar refractivity (Wildman–Crippen MR) is 99.1 cm³/mol. The quantitative estimate of drug-likeness (QED) is 0.767. The van der Waals surface area contributed by atoms with E-state index in [-0.39, 0.29) is 0 Å². The fraction of sp³-hybridized carbons (Fsp3) is 0.450. The van der Waals surface area contributed by atoms with Gasteiger partial charge in [0.1, 0.15) is 12.1 Å². The minimum absolute atomic E-state index is 0.381. The highest BCUT2D eigenvalue weighted by atomic mass is 16.5. The van der Waals surface area contributed by atoms with Crippen LogP contribution in [0.2, 0.25) is 0 Å². The van der Waals surface area contributed by atoms with Crippen molar-refractivity contribution >= 4 is 11.6 Å². The topological polar surface area (TPSA) is 64.3 Å². The second-order valence-electron chi connectivity index (χ2n) is 7.49. The summed E-state index contributed by atoms with van der Waals surface area (Å²) in [6.07, 6.45) is 6.64. The zero-order chi connectivity index (χ0) is 17.6. The lowest BCUT2D eigenvalue weighted by Crippen LogP contribution is -2.21. The van der Waals surface area contributed by atoms with Crippen LogP contribution in [0, 0.1) is 5.92 Å². The molecule has 6 heteroatoms. The van der Waals surface area contributed by atoms with Gasteiger partial charge in [0.05, 0.1) is 12.3 Å². The molecular weight excluding hydrogens is 326 g/mol. The van der Waals surface area contributed by atoms with Gasteiger partial charge in [-0.25, -0.2) is 4.98 Å². The summed E-state index contributed by atoms with van der Waals surface area (Å²) in [4.78, 5) is 8.69. The second-order valence-corrected chi connectivity index (χ2v) is 7.49. The number of benzene rings is 1. The number of hydrogen-bond donors (Lipinski definition) is 1. The third-order valence-electron chi connectivity index (χ3n) is 5.98. The van der Waals surface area contributed by atoms with Gasteiger partial charge in [0.15, 0.2) is 0 Å². The smallest absolute Gasteiger partial charge is 0.254 e. The number of rotatable bonds is 5. The number of aryl methyl sites for hydroxylation is 1. The van der Waals surface area contributed by atoms with Gasteiger partial charge in [0, 0.05) is 25.1 Å². The molecule has 26 heavy (non-hydrogen) atoms. The molecule has 2 unspecified atom stereocenters. The standard InChI is InChI=1S/C20H23N5O/c1-26-12-16-9-18(25-19(24-16)22-13-23-25)21-11-15-10-20(15)8-4-6-14-5-2-3-7-17(14)20/h2-3,5,7,9,13,15,21H,4,6,8,10-12H2,1H3. The van der Waals surface area contributed by atoms with Crippen LogP contribution in [0.4, 0.5) is 5.82 Å². The van der Waals surface area contributed by atoms with Crippen LogP contribution in [-0.4, -0.2) is 33.2 Å². The zero-order valence-corrected chi connectivity index (χ0v) is 15.0. The van der Waals surface area contributed by atoms with Crippen LogP contribution in [0.25, 0.3) is 5.78 Å². The summed E-state index contributed by atoms with van der Waals surface area (Å²) < 4.78 is 6.99. The van der Waals surface area contributed by atoms with Crippen molar-refractivity contribution < 1.29 is 4.74 Å². The lowest BCUT2D eigenvalue weighted by molar-refractivity contribution is 0.181. The van der Waals surface area contributed by atoms with Gasteiger partial charge in [-0.15, -0.1) is 0 Å². The summed E-state index contributed by atoms with van der Waals surface area (Å²) in [6.45, 7) is 1.42. The van der Waals surface area contributed by atoms with E-state index >= 15 is 0 Å². The van der Waals surface area contributed by atoms with Crippen LogP contribution in [0.3, 0.4) is 0 Å². The van der Waals surface area contributed by atoms with E-state index in [1.54, 1.807) is 29.1 Å². The SMILES string of the molecule is COCc1cc(NCC2CC23CCCc2ccccc23)n2ncnc2n1. The Bertz CT molecular complexity index is 952. The molecule has 0 amide bonds. The van der Waals surface area contributed by atoms with Crippen molar-refractivity contribution in [3.8, 4) is 0 Å². The molecule has 6 nitrogen and oxygen atoms in total. The van der Waals surface area contributed by atoms with Crippen molar-refractivity contribution in [2.24, 2.45) is 5.92 Å². The van der Waals surface area contributed by atoms with Crippen LogP contribution in [0.1, 0.15) is 36.1 Å². The molecule has 2 heterocycles. The molecular formula is C20H23N5O. The molecule has 1 N–H and O–H groups in total. The van der Waals surface area contributed by atoms with E-state index in [2.05, 4.69) is 44.6 Å². The summed E-state index contributed by atoms with van der Waals surface area (Å²) in [6, 6.07) is 11.0. The van der Waals surface area contributed by atoms with Crippen molar-refractivity contribution in [1.29, 1.82) is 0 Å². The molecule has 1 fully saturated rings. The number of hydrogen-bond acceptors (Lipinski definition) is 5. The molecule has 0 saturated heterocycles. The van der Waals surface area contributed by atoms with Crippen molar-refractivity contribution in [3.05, 3.63) is 53.5 Å². The summed E-state index contributed by atoms with van der Waals surface area (Å²) >= 11 is 0. The second kappa shape index (κ2) is 6.06. The Morgan fingerprint density at radius 3 is 3.19 bits per heavy atom. The molecule has 0 aliphatic heterocycles. The van der Waals surface area contributed by atoms with Crippen LogP contribution in [0.15, 0.2) is 36.7 Å². The zero-order valence-electron chi connectivity index (χ0n) is 15.0. The average Bonchev–Trinajstić information content (AvgIpc) is 3.12. The monoisotopic (exact) mass is 349 g/mol. The van der Waals surface area contributed by atoms with E-state index in [9.17, 15) is 0 Å². The minimum atomic E-state index is 0.381. The number of methoxy groups -OCH3 is 1. The first-order chi connectivity index (χ1) is 12.8. The Labute approximate surface area is 152 Å². The van der Waals surface area contributed by atoms with Gasteiger partial charge >= 0.3 is 0 Å². The summed E-state index contributed by atoms with van der Waals surface area (Å²) in [5, 5.41) is 7.90. The van der Waals surface area contributed by atoms with Crippen LogP contribution in [0.5, 0.6) is 0 Å². The van der Waals surface area contributed by atoms with Crippen molar-refractivity contribution in [2.75, 3.05) is 19.0 Å². The van der Waals surface area contributed by atoms with Crippen LogP contribution >= 0.6 is 0 Å². The molecule has 3 aromatic rings. The molecule has 2 aliphatic rings.